The molecule has 0 bridgehead atoms. The van der Waals surface area contributed by atoms with Gasteiger partial charge in [0, 0.05) is 19.2 Å². The second kappa shape index (κ2) is 3.93. The molecule has 0 unspecified atom stereocenters. The number of ketones is 1. The van der Waals surface area contributed by atoms with Gasteiger partial charge in [-0.3, -0.25) is 4.79 Å². The Morgan fingerprint density at radius 1 is 1.50 bits per heavy atom. The predicted molar refractivity (Wildman–Crippen MR) is 41.2 cm³/mol. The fraction of sp³-hybridized carbons (Fsp3) is 0.571. The van der Waals surface area contributed by atoms with Crippen molar-refractivity contribution in [1.29, 1.82) is 0 Å². The lowest BCUT2D eigenvalue weighted by atomic mass is 10.3. The zero-order valence-corrected chi connectivity index (χ0v) is 6.69. The van der Waals surface area contributed by atoms with Crippen molar-refractivity contribution in [3.63, 3.8) is 0 Å². The van der Waals surface area contributed by atoms with E-state index in [-0.39, 0.29) is 5.78 Å². The minimum absolute atomic E-state index is 0.0848. The van der Waals surface area contributed by atoms with Crippen LogP contribution < -0.4 is 11.1 Å². The number of hydrogen-bond acceptors (Lipinski definition) is 3. The minimum atomic E-state index is -0.0848. The molecule has 0 heterocycles. The second-order valence-corrected chi connectivity index (χ2v) is 2.13. The van der Waals surface area contributed by atoms with Gasteiger partial charge in [0.25, 0.3) is 0 Å². The number of Topliss-reactive ketones (excluding diaryl/α,β-unsaturated/α-hetero) is 1. The molecule has 0 fully saturated rings. The maximum absolute atomic E-state index is 10.6. The standard InChI is InChI=1S/C7H14N2O/c1-4-9-5(2)7(8)6(3)10/h9H,4,8H2,1-3H3/b7-5-. The smallest absolute Gasteiger partial charge is 0.177 e. The molecule has 0 radical (unpaired) electrons. The molecule has 10 heavy (non-hydrogen) atoms. The Morgan fingerprint density at radius 2 is 2.00 bits per heavy atom. The first kappa shape index (κ1) is 9.01. The maximum Gasteiger partial charge on any atom is 0.177 e. The first-order chi connectivity index (χ1) is 4.59. The molecule has 0 aliphatic carbocycles. The van der Waals surface area contributed by atoms with Crippen molar-refractivity contribution in [3.8, 4) is 0 Å². The fourth-order valence-corrected chi connectivity index (χ4v) is 0.624. The maximum atomic E-state index is 10.6. The Morgan fingerprint density at radius 3 is 2.30 bits per heavy atom. The van der Waals surface area contributed by atoms with Gasteiger partial charge in [0.2, 0.25) is 0 Å². The lowest BCUT2D eigenvalue weighted by Crippen LogP contribution is -2.19. The molecule has 0 rings (SSSR count). The molecule has 0 aromatic rings. The van der Waals surface area contributed by atoms with E-state index in [0.717, 1.165) is 12.2 Å². The van der Waals surface area contributed by atoms with Crippen LogP contribution in [0.3, 0.4) is 0 Å². The summed E-state index contributed by atoms with van der Waals surface area (Å²) in [4.78, 5) is 10.6. The fourth-order valence-electron chi connectivity index (χ4n) is 0.624. The van der Waals surface area contributed by atoms with Crippen LogP contribution >= 0.6 is 0 Å². The van der Waals surface area contributed by atoms with Crippen LogP contribution in [0.15, 0.2) is 11.4 Å². The van der Waals surface area contributed by atoms with E-state index in [0.29, 0.717) is 5.70 Å². The highest BCUT2D eigenvalue weighted by Crippen LogP contribution is 1.93. The molecule has 0 saturated heterocycles. The van der Waals surface area contributed by atoms with Crippen LogP contribution in [0.1, 0.15) is 20.8 Å². The number of allylic oxidation sites excluding steroid dienone is 2. The van der Waals surface area contributed by atoms with Gasteiger partial charge in [0.15, 0.2) is 5.78 Å². The van der Waals surface area contributed by atoms with E-state index in [2.05, 4.69) is 5.32 Å². The van der Waals surface area contributed by atoms with Gasteiger partial charge < -0.3 is 11.1 Å². The summed E-state index contributed by atoms with van der Waals surface area (Å²) in [5.41, 5.74) is 6.49. The van der Waals surface area contributed by atoms with Gasteiger partial charge in [-0.1, -0.05) is 0 Å². The highest BCUT2D eigenvalue weighted by molar-refractivity contribution is 5.92. The first-order valence-electron chi connectivity index (χ1n) is 3.30. The number of rotatable bonds is 3. The normalized spacial score (nSPS) is 12.3. The number of carbonyl (C=O) groups excluding carboxylic acids is 1. The molecule has 0 aromatic carbocycles. The molecule has 0 amide bonds. The number of carbonyl (C=O) groups is 1. The van der Waals surface area contributed by atoms with E-state index < -0.39 is 0 Å². The van der Waals surface area contributed by atoms with Gasteiger partial charge in [-0.25, -0.2) is 0 Å². The summed E-state index contributed by atoms with van der Waals surface area (Å²) in [5.74, 6) is -0.0848. The van der Waals surface area contributed by atoms with Crippen molar-refractivity contribution in [2.75, 3.05) is 6.54 Å². The van der Waals surface area contributed by atoms with Crippen molar-refractivity contribution >= 4 is 5.78 Å². The van der Waals surface area contributed by atoms with Crippen LogP contribution in [0.25, 0.3) is 0 Å². The SMILES string of the molecule is CCN/C(C)=C(\N)C(C)=O. The Bertz CT molecular complexity index is 161. The Labute approximate surface area is 61.3 Å². The largest absolute Gasteiger partial charge is 0.394 e. The van der Waals surface area contributed by atoms with Crippen molar-refractivity contribution in [1.82, 2.24) is 5.32 Å². The highest BCUT2D eigenvalue weighted by Gasteiger charge is 2.00. The molecule has 0 aliphatic heterocycles. The summed E-state index contributed by atoms with van der Waals surface area (Å²) in [5, 5.41) is 2.96. The van der Waals surface area contributed by atoms with Gasteiger partial charge in [0.1, 0.15) is 0 Å². The Balaban J connectivity index is 4.19. The molecule has 3 nitrogen and oxygen atoms in total. The molecule has 58 valence electrons. The van der Waals surface area contributed by atoms with E-state index in [9.17, 15) is 4.79 Å². The minimum Gasteiger partial charge on any atom is -0.394 e. The molecule has 0 atom stereocenters. The summed E-state index contributed by atoms with van der Waals surface area (Å²) in [6.45, 7) is 5.99. The van der Waals surface area contributed by atoms with Gasteiger partial charge in [-0.15, -0.1) is 0 Å². The molecule has 3 N–H and O–H groups in total. The van der Waals surface area contributed by atoms with Crippen LogP contribution in [-0.2, 0) is 4.79 Å². The summed E-state index contributed by atoms with van der Waals surface area (Å²) in [6, 6.07) is 0. The monoisotopic (exact) mass is 142 g/mol. The number of hydrogen-bond donors (Lipinski definition) is 2. The molecule has 3 heteroatoms. The molecule has 0 saturated carbocycles. The second-order valence-electron chi connectivity index (χ2n) is 2.13. The van der Waals surface area contributed by atoms with E-state index >= 15 is 0 Å². The van der Waals surface area contributed by atoms with Crippen molar-refractivity contribution in [2.24, 2.45) is 5.73 Å². The van der Waals surface area contributed by atoms with Crippen LogP contribution in [0.4, 0.5) is 0 Å². The van der Waals surface area contributed by atoms with E-state index in [1.54, 1.807) is 6.92 Å². The quantitative estimate of drug-likeness (QED) is 0.560. The number of nitrogens with one attached hydrogen (secondary N) is 1. The third kappa shape index (κ3) is 2.53. The Hall–Kier alpha value is -0.990. The van der Waals surface area contributed by atoms with Crippen LogP contribution in [0.5, 0.6) is 0 Å². The molecular weight excluding hydrogens is 128 g/mol. The average molecular weight is 142 g/mol. The first-order valence-corrected chi connectivity index (χ1v) is 3.30. The highest BCUT2D eigenvalue weighted by atomic mass is 16.1. The van der Waals surface area contributed by atoms with E-state index in [1.165, 1.54) is 6.92 Å². The number of nitrogens with two attached hydrogens (primary N) is 1. The molecule has 0 aliphatic rings. The average Bonchev–Trinajstić information content (AvgIpc) is 1.87. The van der Waals surface area contributed by atoms with E-state index in [4.69, 9.17) is 5.73 Å². The van der Waals surface area contributed by atoms with Gasteiger partial charge >= 0.3 is 0 Å². The topological polar surface area (TPSA) is 55.1 Å². The van der Waals surface area contributed by atoms with Gasteiger partial charge in [-0.05, 0) is 13.8 Å². The van der Waals surface area contributed by atoms with Crippen LogP contribution in [0.2, 0.25) is 0 Å². The molecular formula is C7H14N2O. The van der Waals surface area contributed by atoms with E-state index in [1.807, 2.05) is 6.92 Å². The van der Waals surface area contributed by atoms with Crippen molar-refractivity contribution < 1.29 is 4.79 Å². The third-order valence-electron chi connectivity index (χ3n) is 1.23. The van der Waals surface area contributed by atoms with Crippen molar-refractivity contribution in [3.05, 3.63) is 11.4 Å². The Kier molecular flexibility index (Phi) is 3.54. The lowest BCUT2D eigenvalue weighted by Gasteiger charge is -2.04. The summed E-state index contributed by atoms with van der Waals surface area (Å²) in [7, 11) is 0. The summed E-state index contributed by atoms with van der Waals surface area (Å²) in [6.07, 6.45) is 0. The van der Waals surface area contributed by atoms with Crippen molar-refractivity contribution in [2.45, 2.75) is 20.8 Å². The summed E-state index contributed by atoms with van der Waals surface area (Å²) >= 11 is 0. The molecule has 0 spiro atoms. The third-order valence-corrected chi connectivity index (χ3v) is 1.23. The molecule has 0 aromatic heterocycles. The lowest BCUT2D eigenvalue weighted by molar-refractivity contribution is -0.113. The zero-order chi connectivity index (χ0) is 8.15. The van der Waals surface area contributed by atoms with Gasteiger partial charge in [0.05, 0.1) is 5.70 Å². The summed E-state index contributed by atoms with van der Waals surface area (Å²) < 4.78 is 0. The van der Waals surface area contributed by atoms with Crippen LogP contribution in [-0.4, -0.2) is 12.3 Å². The zero-order valence-electron chi connectivity index (χ0n) is 6.69. The van der Waals surface area contributed by atoms with Crippen LogP contribution in [0, 0.1) is 0 Å². The van der Waals surface area contributed by atoms with Gasteiger partial charge in [-0.2, -0.15) is 0 Å². The predicted octanol–water partition coefficient (Wildman–Crippen LogP) is 0.375.